The molecule has 0 aromatic carbocycles. The zero-order valence-corrected chi connectivity index (χ0v) is 10.6. The zero-order chi connectivity index (χ0) is 13.5. The molecule has 0 amide bonds. The number of ether oxygens (including phenoxy) is 1. The number of esters is 1. The molecule has 1 rings (SSSR count). The SMILES string of the molecule is COC(=O)C1=CCC=C(C(=N)CN=C(C)N)C=C1. The predicted molar refractivity (Wildman–Crippen MR) is 71.8 cm³/mol. The lowest BCUT2D eigenvalue weighted by Crippen LogP contribution is -2.11. The van der Waals surface area contributed by atoms with Gasteiger partial charge in [0, 0.05) is 0 Å². The molecule has 0 bridgehead atoms. The van der Waals surface area contributed by atoms with Crippen molar-refractivity contribution >= 4 is 17.5 Å². The summed E-state index contributed by atoms with van der Waals surface area (Å²) in [6.07, 6.45) is 7.59. The normalized spacial score (nSPS) is 15.6. The molecule has 0 spiro atoms. The second kappa shape index (κ2) is 6.54. The second-order valence-corrected chi connectivity index (χ2v) is 3.82. The van der Waals surface area contributed by atoms with Crippen molar-refractivity contribution in [3.05, 3.63) is 35.5 Å². The molecule has 0 aromatic heterocycles. The first-order valence-electron chi connectivity index (χ1n) is 5.55. The number of hydrogen-bond acceptors (Lipinski definition) is 4. The highest BCUT2D eigenvalue weighted by atomic mass is 16.5. The largest absolute Gasteiger partial charge is 0.465 e. The van der Waals surface area contributed by atoms with E-state index in [9.17, 15) is 4.79 Å². The van der Waals surface area contributed by atoms with Crippen molar-refractivity contribution < 1.29 is 9.53 Å². The predicted octanol–water partition coefficient (Wildman–Crippen LogP) is 1.37. The number of rotatable bonds is 4. The summed E-state index contributed by atoms with van der Waals surface area (Å²) in [7, 11) is 1.34. The Balaban J connectivity index is 2.73. The van der Waals surface area contributed by atoms with Crippen LogP contribution in [0.15, 0.2) is 40.4 Å². The van der Waals surface area contributed by atoms with Crippen molar-refractivity contribution in [3.63, 3.8) is 0 Å². The van der Waals surface area contributed by atoms with Gasteiger partial charge in [-0.15, -0.1) is 0 Å². The quantitative estimate of drug-likeness (QED) is 0.446. The van der Waals surface area contributed by atoms with Crippen LogP contribution in [-0.2, 0) is 9.53 Å². The number of methoxy groups -OCH3 is 1. The van der Waals surface area contributed by atoms with Crippen LogP contribution in [0.4, 0.5) is 0 Å². The third-order valence-electron chi connectivity index (χ3n) is 2.37. The molecule has 0 aliphatic heterocycles. The number of carbonyl (C=O) groups excluding carboxylic acids is 1. The van der Waals surface area contributed by atoms with Gasteiger partial charge in [-0.25, -0.2) is 4.79 Å². The van der Waals surface area contributed by atoms with Crippen LogP contribution >= 0.6 is 0 Å². The fourth-order valence-corrected chi connectivity index (χ4v) is 1.42. The van der Waals surface area contributed by atoms with E-state index in [4.69, 9.17) is 11.1 Å². The fourth-order valence-electron chi connectivity index (χ4n) is 1.42. The maximum atomic E-state index is 11.4. The van der Waals surface area contributed by atoms with Crippen LogP contribution in [0.1, 0.15) is 13.3 Å². The summed E-state index contributed by atoms with van der Waals surface area (Å²) in [6.45, 7) is 1.92. The Labute approximate surface area is 106 Å². The fraction of sp³-hybridized carbons (Fsp3) is 0.308. The molecule has 1 aliphatic carbocycles. The van der Waals surface area contributed by atoms with Gasteiger partial charge in [0.25, 0.3) is 0 Å². The van der Waals surface area contributed by atoms with Gasteiger partial charge >= 0.3 is 5.97 Å². The van der Waals surface area contributed by atoms with E-state index in [0.29, 0.717) is 23.5 Å². The Morgan fingerprint density at radius 3 is 2.67 bits per heavy atom. The summed E-state index contributed by atoms with van der Waals surface area (Å²) in [5, 5.41) is 7.87. The van der Waals surface area contributed by atoms with Gasteiger partial charge in [-0.1, -0.05) is 18.2 Å². The Morgan fingerprint density at radius 1 is 1.44 bits per heavy atom. The van der Waals surface area contributed by atoms with Gasteiger partial charge in [0.05, 0.1) is 30.8 Å². The highest BCUT2D eigenvalue weighted by Crippen LogP contribution is 2.12. The molecule has 96 valence electrons. The molecule has 1 aliphatic rings. The maximum Gasteiger partial charge on any atom is 0.337 e. The summed E-state index contributed by atoms with van der Waals surface area (Å²) in [4.78, 5) is 15.3. The van der Waals surface area contributed by atoms with Crippen molar-refractivity contribution in [2.45, 2.75) is 13.3 Å². The molecule has 0 aromatic rings. The summed E-state index contributed by atoms with van der Waals surface area (Å²) >= 11 is 0. The third kappa shape index (κ3) is 4.01. The number of amidine groups is 1. The summed E-state index contributed by atoms with van der Waals surface area (Å²) < 4.78 is 4.65. The Morgan fingerprint density at radius 2 is 2.06 bits per heavy atom. The van der Waals surface area contributed by atoms with Crippen LogP contribution in [0.3, 0.4) is 0 Å². The molecule has 0 atom stereocenters. The lowest BCUT2D eigenvalue weighted by atomic mass is 10.1. The molecule has 5 heteroatoms. The average molecular weight is 247 g/mol. The lowest BCUT2D eigenvalue weighted by Gasteiger charge is -2.01. The van der Waals surface area contributed by atoms with Crippen LogP contribution in [0.25, 0.3) is 0 Å². The van der Waals surface area contributed by atoms with Gasteiger partial charge in [0.15, 0.2) is 0 Å². The molecule has 0 unspecified atom stereocenters. The van der Waals surface area contributed by atoms with E-state index >= 15 is 0 Å². The summed E-state index contributed by atoms with van der Waals surface area (Å²) in [6, 6.07) is 0. The van der Waals surface area contributed by atoms with Crippen molar-refractivity contribution in [2.75, 3.05) is 13.7 Å². The molecular formula is C13H17N3O2. The van der Waals surface area contributed by atoms with Crippen molar-refractivity contribution in [1.82, 2.24) is 0 Å². The van der Waals surface area contributed by atoms with E-state index < -0.39 is 0 Å². The number of nitrogens with zero attached hydrogens (tertiary/aromatic N) is 1. The lowest BCUT2D eigenvalue weighted by molar-refractivity contribution is -0.135. The van der Waals surface area contributed by atoms with Crippen LogP contribution in [-0.4, -0.2) is 31.2 Å². The van der Waals surface area contributed by atoms with Crippen molar-refractivity contribution in [2.24, 2.45) is 10.7 Å². The van der Waals surface area contributed by atoms with Crippen molar-refractivity contribution in [1.29, 1.82) is 5.41 Å². The van der Waals surface area contributed by atoms with E-state index in [0.717, 1.165) is 5.57 Å². The van der Waals surface area contributed by atoms with E-state index in [-0.39, 0.29) is 12.5 Å². The monoisotopic (exact) mass is 247 g/mol. The topological polar surface area (TPSA) is 88.5 Å². The summed E-state index contributed by atoms with van der Waals surface area (Å²) in [5.41, 5.74) is 7.04. The average Bonchev–Trinajstić information content (AvgIpc) is 2.60. The number of nitrogens with two attached hydrogens (primary N) is 1. The van der Waals surface area contributed by atoms with Gasteiger partial charge in [-0.2, -0.15) is 0 Å². The molecule has 5 nitrogen and oxygen atoms in total. The van der Waals surface area contributed by atoms with Crippen LogP contribution in [0, 0.1) is 5.41 Å². The highest BCUT2D eigenvalue weighted by Gasteiger charge is 2.09. The Kier molecular flexibility index (Phi) is 5.05. The van der Waals surface area contributed by atoms with Crippen molar-refractivity contribution in [3.8, 4) is 0 Å². The van der Waals surface area contributed by atoms with Gasteiger partial charge in [0.1, 0.15) is 0 Å². The molecule has 0 heterocycles. The van der Waals surface area contributed by atoms with Gasteiger partial charge < -0.3 is 15.9 Å². The molecular weight excluding hydrogens is 230 g/mol. The van der Waals surface area contributed by atoms with E-state index in [1.807, 2.05) is 6.08 Å². The highest BCUT2D eigenvalue weighted by molar-refractivity contribution is 6.03. The molecule has 0 saturated carbocycles. The molecule has 0 fully saturated rings. The third-order valence-corrected chi connectivity index (χ3v) is 2.37. The van der Waals surface area contributed by atoms with Gasteiger partial charge in [0.2, 0.25) is 0 Å². The molecule has 0 radical (unpaired) electrons. The molecule has 3 N–H and O–H groups in total. The molecule has 0 saturated heterocycles. The first-order valence-corrected chi connectivity index (χ1v) is 5.55. The minimum Gasteiger partial charge on any atom is -0.465 e. The summed E-state index contributed by atoms with van der Waals surface area (Å²) in [5.74, 6) is 0.0783. The van der Waals surface area contributed by atoms with Gasteiger partial charge in [-0.3, -0.25) is 4.99 Å². The van der Waals surface area contributed by atoms with Crippen LogP contribution in [0.2, 0.25) is 0 Å². The maximum absolute atomic E-state index is 11.4. The number of carbonyl (C=O) groups is 1. The standard InChI is InChI=1S/C13H17N3O2/c1-9(14)16-8-12(15)10-4-3-5-11(7-6-10)13(17)18-2/h4-7,15H,3,8H2,1-2H3,(H2,14,16). The van der Waals surface area contributed by atoms with E-state index in [2.05, 4.69) is 9.73 Å². The minimum atomic E-state index is -0.372. The van der Waals surface area contributed by atoms with Crippen LogP contribution in [0.5, 0.6) is 0 Å². The first kappa shape index (κ1) is 13.9. The van der Waals surface area contributed by atoms with Crippen LogP contribution < -0.4 is 5.73 Å². The van der Waals surface area contributed by atoms with E-state index in [1.165, 1.54) is 7.11 Å². The number of aliphatic imine (C=N–C) groups is 1. The smallest absolute Gasteiger partial charge is 0.337 e. The van der Waals surface area contributed by atoms with E-state index in [1.54, 1.807) is 25.2 Å². The zero-order valence-electron chi connectivity index (χ0n) is 10.6. The number of allylic oxidation sites excluding steroid dienone is 3. The minimum absolute atomic E-state index is 0.242. The molecule has 18 heavy (non-hydrogen) atoms. The Bertz CT molecular complexity index is 467. The second-order valence-electron chi connectivity index (χ2n) is 3.82. The first-order chi connectivity index (χ1) is 8.54. The number of hydrogen-bond donors (Lipinski definition) is 2. The van der Waals surface area contributed by atoms with Gasteiger partial charge in [-0.05, 0) is 25.0 Å². The Hall–Kier alpha value is -2.17. The number of nitrogens with one attached hydrogen (secondary N) is 1.